The van der Waals surface area contributed by atoms with E-state index in [0.29, 0.717) is 5.69 Å². The first-order valence-electron chi connectivity index (χ1n) is 5.86. The summed E-state index contributed by atoms with van der Waals surface area (Å²) < 4.78 is 4.89. The van der Waals surface area contributed by atoms with Crippen molar-refractivity contribution in [3.05, 3.63) is 28.3 Å². The SMILES string of the molecule is COc1ccc(NC(=O)C2(CN)CC2)cc1[N+](=O)[O-]. The number of hydrogen-bond donors (Lipinski definition) is 2. The predicted molar refractivity (Wildman–Crippen MR) is 69.0 cm³/mol. The number of nitrogens with two attached hydrogens (primary N) is 1. The number of rotatable bonds is 5. The molecule has 19 heavy (non-hydrogen) atoms. The highest BCUT2D eigenvalue weighted by Gasteiger charge is 2.48. The molecule has 1 aromatic carbocycles. The minimum absolute atomic E-state index is 0.156. The van der Waals surface area contributed by atoms with E-state index in [4.69, 9.17) is 10.5 Å². The van der Waals surface area contributed by atoms with Gasteiger partial charge in [-0.25, -0.2) is 0 Å². The van der Waals surface area contributed by atoms with Crippen LogP contribution >= 0.6 is 0 Å². The van der Waals surface area contributed by atoms with Crippen molar-refractivity contribution in [2.75, 3.05) is 19.0 Å². The molecular formula is C12H15N3O4. The standard InChI is InChI=1S/C12H15N3O4/c1-19-10-3-2-8(6-9(10)15(17)18)14-11(16)12(7-13)4-5-12/h2-3,6H,4-5,7,13H2,1H3,(H,14,16). The number of amides is 1. The summed E-state index contributed by atoms with van der Waals surface area (Å²) in [6.45, 7) is 0.289. The van der Waals surface area contributed by atoms with E-state index in [1.807, 2.05) is 0 Å². The van der Waals surface area contributed by atoms with E-state index in [1.54, 1.807) is 6.07 Å². The molecule has 1 saturated carbocycles. The van der Waals surface area contributed by atoms with Gasteiger partial charge in [0.15, 0.2) is 5.75 Å². The molecule has 1 aliphatic rings. The van der Waals surface area contributed by atoms with Gasteiger partial charge in [-0.2, -0.15) is 0 Å². The molecule has 102 valence electrons. The van der Waals surface area contributed by atoms with Crippen LogP contribution in [-0.4, -0.2) is 24.5 Å². The zero-order valence-electron chi connectivity index (χ0n) is 10.5. The van der Waals surface area contributed by atoms with Gasteiger partial charge < -0.3 is 15.8 Å². The highest BCUT2D eigenvalue weighted by atomic mass is 16.6. The second-order valence-electron chi connectivity index (χ2n) is 4.58. The summed E-state index contributed by atoms with van der Waals surface area (Å²) in [4.78, 5) is 22.3. The molecule has 0 spiro atoms. The Balaban J connectivity index is 2.20. The zero-order valence-corrected chi connectivity index (χ0v) is 10.5. The molecule has 2 rings (SSSR count). The maximum absolute atomic E-state index is 12.0. The maximum atomic E-state index is 12.0. The Morgan fingerprint density at radius 3 is 2.74 bits per heavy atom. The average molecular weight is 265 g/mol. The van der Waals surface area contributed by atoms with E-state index >= 15 is 0 Å². The van der Waals surface area contributed by atoms with Gasteiger partial charge in [-0.1, -0.05) is 0 Å². The van der Waals surface area contributed by atoms with Gasteiger partial charge in [-0.05, 0) is 25.0 Å². The number of nitrogens with one attached hydrogen (secondary N) is 1. The molecule has 0 radical (unpaired) electrons. The monoisotopic (exact) mass is 265 g/mol. The molecule has 7 heteroatoms. The second kappa shape index (κ2) is 4.85. The Morgan fingerprint density at radius 1 is 1.58 bits per heavy atom. The molecule has 0 atom stereocenters. The summed E-state index contributed by atoms with van der Waals surface area (Å²) in [6.07, 6.45) is 1.52. The fraction of sp³-hybridized carbons (Fsp3) is 0.417. The largest absolute Gasteiger partial charge is 0.490 e. The van der Waals surface area contributed by atoms with Crippen molar-refractivity contribution in [1.82, 2.24) is 0 Å². The molecule has 0 unspecified atom stereocenters. The van der Waals surface area contributed by atoms with Crippen LogP contribution in [-0.2, 0) is 4.79 Å². The number of anilines is 1. The lowest BCUT2D eigenvalue weighted by Crippen LogP contribution is -2.30. The molecule has 0 aromatic heterocycles. The molecule has 7 nitrogen and oxygen atoms in total. The lowest BCUT2D eigenvalue weighted by Gasteiger charge is -2.13. The van der Waals surface area contributed by atoms with Crippen LogP contribution in [0.5, 0.6) is 5.75 Å². The summed E-state index contributed by atoms with van der Waals surface area (Å²) in [7, 11) is 1.36. The summed E-state index contributed by atoms with van der Waals surface area (Å²) >= 11 is 0. The van der Waals surface area contributed by atoms with Gasteiger partial charge >= 0.3 is 5.69 Å². The van der Waals surface area contributed by atoms with Gasteiger partial charge in [0.25, 0.3) is 0 Å². The highest BCUT2D eigenvalue weighted by Crippen LogP contribution is 2.45. The molecule has 1 aromatic rings. The van der Waals surface area contributed by atoms with Crippen LogP contribution in [0.1, 0.15) is 12.8 Å². The number of methoxy groups -OCH3 is 1. The maximum Gasteiger partial charge on any atom is 0.312 e. The van der Waals surface area contributed by atoms with Crippen molar-refractivity contribution in [2.24, 2.45) is 11.1 Å². The molecular weight excluding hydrogens is 250 g/mol. The van der Waals surface area contributed by atoms with Crippen LogP contribution in [0.15, 0.2) is 18.2 Å². The molecule has 0 saturated heterocycles. The predicted octanol–water partition coefficient (Wildman–Crippen LogP) is 1.28. The minimum atomic E-state index is -0.551. The molecule has 0 bridgehead atoms. The third-order valence-electron chi connectivity index (χ3n) is 3.36. The topological polar surface area (TPSA) is 107 Å². The molecule has 0 aliphatic heterocycles. The first kappa shape index (κ1) is 13.3. The Bertz CT molecular complexity index is 526. The van der Waals surface area contributed by atoms with Crippen molar-refractivity contribution in [2.45, 2.75) is 12.8 Å². The van der Waals surface area contributed by atoms with E-state index in [-0.39, 0.29) is 23.9 Å². The summed E-state index contributed by atoms with van der Waals surface area (Å²) in [6, 6.07) is 4.30. The number of nitro groups is 1. The number of hydrogen-bond acceptors (Lipinski definition) is 5. The number of nitrogens with zero attached hydrogens (tertiary/aromatic N) is 1. The van der Waals surface area contributed by atoms with Crippen LogP contribution in [0.3, 0.4) is 0 Å². The lowest BCUT2D eigenvalue weighted by molar-refractivity contribution is -0.385. The fourth-order valence-electron chi connectivity index (χ4n) is 1.85. The quantitative estimate of drug-likeness (QED) is 0.616. The second-order valence-corrected chi connectivity index (χ2v) is 4.58. The molecule has 1 fully saturated rings. The third-order valence-corrected chi connectivity index (χ3v) is 3.36. The van der Waals surface area contributed by atoms with Gasteiger partial charge in [-0.15, -0.1) is 0 Å². The van der Waals surface area contributed by atoms with Crippen LogP contribution < -0.4 is 15.8 Å². The first-order chi connectivity index (χ1) is 9.02. The number of ether oxygens (including phenoxy) is 1. The summed E-state index contributed by atoms with van der Waals surface area (Å²) in [5.74, 6) is -0.0302. The zero-order chi connectivity index (χ0) is 14.0. The van der Waals surface area contributed by atoms with Crippen molar-refractivity contribution in [3.8, 4) is 5.75 Å². The van der Waals surface area contributed by atoms with Crippen LogP contribution in [0.25, 0.3) is 0 Å². The molecule has 3 N–H and O–H groups in total. The van der Waals surface area contributed by atoms with Gasteiger partial charge in [0.05, 0.1) is 17.4 Å². The number of nitro benzene ring substituents is 1. The minimum Gasteiger partial charge on any atom is -0.490 e. The van der Waals surface area contributed by atoms with Gasteiger partial charge in [0.2, 0.25) is 5.91 Å². The normalized spacial score (nSPS) is 15.7. The number of benzene rings is 1. The number of carbonyl (C=O) groups is 1. The summed E-state index contributed by atoms with van der Waals surface area (Å²) in [5, 5.41) is 13.5. The first-order valence-corrected chi connectivity index (χ1v) is 5.86. The van der Waals surface area contributed by atoms with Crippen molar-refractivity contribution in [1.29, 1.82) is 0 Å². The van der Waals surface area contributed by atoms with E-state index in [9.17, 15) is 14.9 Å². The molecule has 0 heterocycles. The van der Waals surface area contributed by atoms with Crippen LogP contribution in [0.4, 0.5) is 11.4 Å². The van der Waals surface area contributed by atoms with E-state index in [2.05, 4.69) is 5.32 Å². The van der Waals surface area contributed by atoms with E-state index in [1.165, 1.54) is 19.2 Å². The Labute approximate surface area is 109 Å². The van der Waals surface area contributed by atoms with E-state index in [0.717, 1.165) is 12.8 Å². The summed E-state index contributed by atoms with van der Waals surface area (Å²) in [5.41, 5.74) is 5.26. The van der Waals surface area contributed by atoms with Gasteiger partial charge in [0.1, 0.15) is 0 Å². The van der Waals surface area contributed by atoms with Crippen molar-refractivity contribution >= 4 is 17.3 Å². The Hall–Kier alpha value is -2.15. The lowest BCUT2D eigenvalue weighted by atomic mass is 10.1. The van der Waals surface area contributed by atoms with Crippen LogP contribution in [0, 0.1) is 15.5 Å². The van der Waals surface area contributed by atoms with Gasteiger partial charge in [-0.3, -0.25) is 14.9 Å². The Morgan fingerprint density at radius 2 is 2.26 bits per heavy atom. The number of carbonyl (C=O) groups excluding carboxylic acids is 1. The molecule has 1 aliphatic carbocycles. The smallest absolute Gasteiger partial charge is 0.312 e. The van der Waals surface area contributed by atoms with Crippen molar-refractivity contribution < 1.29 is 14.5 Å². The van der Waals surface area contributed by atoms with E-state index < -0.39 is 10.3 Å². The fourth-order valence-corrected chi connectivity index (χ4v) is 1.85. The Kier molecular flexibility index (Phi) is 3.39. The highest BCUT2D eigenvalue weighted by molar-refractivity contribution is 5.97. The van der Waals surface area contributed by atoms with Gasteiger partial charge in [0, 0.05) is 18.3 Å². The third kappa shape index (κ3) is 2.50. The van der Waals surface area contributed by atoms with Crippen molar-refractivity contribution in [3.63, 3.8) is 0 Å². The molecule has 1 amide bonds. The average Bonchev–Trinajstić information content (AvgIpc) is 3.19. The van der Waals surface area contributed by atoms with Crippen LogP contribution in [0.2, 0.25) is 0 Å².